The second-order valence-corrected chi connectivity index (χ2v) is 5.53. The normalized spacial score (nSPS) is 9.96. The Kier molecular flexibility index (Phi) is 6.71. The average molecular weight is 339 g/mol. The van der Waals surface area contributed by atoms with Crippen molar-refractivity contribution in [3.05, 3.63) is 65.7 Å². The lowest BCUT2D eigenvalue weighted by molar-refractivity contribution is -0.123. The fourth-order valence-electron chi connectivity index (χ4n) is 2.21. The molecule has 3 N–H and O–H groups in total. The zero-order valence-electron chi connectivity index (χ0n) is 14.0. The third-order valence-corrected chi connectivity index (χ3v) is 3.53. The van der Waals surface area contributed by atoms with Gasteiger partial charge in [-0.15, -0.1) is 0 Å². The Morgan fingerprint density at radius 3 is 2.00 bits per heavy atom. The SMILES string of the molecule is CNC(=O)Cc1ccc(NC(=O)CNC(=O)Cc2ccccc2)cc1. The van der Waals surface area contributed by atoms with Crippen LogP contribution in [-0.4, -0.2) is 31.3 Å². The minimum absolute atomic E-state index is 0.0714. The first-order chi connectivity index (χ1) is 12.1. The molecule has 2 rings (SSSR count). The van der Waals surface area contributed by atoms with E-state index < -0.39 is 0 Å². The summed E-state index contributed by atoms with van der Waals surface area (Å²) in [6.45, 7) is -0.0916. The second kappa shape index (κ2) is 9.22. The Morgan fingerprint density at radius 2 is 1.36 bits per heavy atom. The molecule has 0 aliphatic heterocycles. The molecule has 0 aliphatic rings. The molecule has 0 atom stereocenters. The maximum Gasteiger partial charge on any atom is 0.243 e. The van der Waals surface area contributed by atoms with Crippen molar-refractivity contribution in [1.29, 1.82) is 0 Å². The molecule has 25 heavy (non-hydrogen) atoms. The number of rotatable bonds is 7. The van der Waals surface area contributed by atoms with Crippen LogP contribution in [0.4, 0.5) is 5.69 Å². The summed E-state index contributed by atoms with van der Waals surface area (Å²) in [6, 6.07) is 16.3. The fourth-order valence-corrected chi connectivity index (χ4v) is 2.21. The molecule has 0 aromatic heterocycles. The van der Waals surface area contributed by atoms with Gasteiger partial charge < -0.3 is 16.0 Å². The lowest BCUT2D eigenvalue weighted by atomic mass is 10.1. The minimum atomic E-state index is -0.305. The average Bonchev–Trinajstić information content (AvgIpc) is 2.62. The van der Waals surface area contributed by atoms with E-state index in [1.165, 1.54) is 0 Å². The predicted octanol–water partition coefficient (Wildman–Crippen LogP) is 1.27. The van der Waals surface area contributed by atoms with Gasteiger partial charge in [0.25, 0.3) is 0 Å². The van der Waals surface area contributed by atoms with E-state index in [1.54, 1.807) is 31.3 Å². The molecule has 0 saturated carbocycles. The van der Waals surface area contributed by atoms with Crippen LogP contribution in [0.15, 0.2) is 54.6 Å². The highest BCUT2D eigenvalue weighted by Crippen LogP contribution is 2.10. The number of benzene rings is 2. The quantitative estimate of drug-likeness (QED) is 0.710. The van der Waals surface area contributed by atoms with Crippen LogP contribution in [0.25, 0.3) is 0 Å². The summed E-state index contributed by atoms with van der Waals surface area (Å²) in [6.07, 6.45) is 0.530. The number of likely N-dealkylation sites (N-methyl/N-ethyl adjacent to an activating group) is 1. The van der Waals surface area contributed by atoms with Crippen molar-refractivity contribution in [2.45, 2.75) is 12.8 Å². The van der Waals surface area contributed by atoms with E-state index in [0.717, 1.165) is 11.1 Å². The van der Waals surface area contributed by atoms with Crippen molar-refractivity contribution < 1.29 is 14.4 Å². The Hall–Kier alpha value is -3.15. The molecule has 2 aromatic carbocycles. The first kappa shape index (κ1) is 18.2. The summed E-state index contributed by atoms with van der Waals surface area (Å²) in [5.41, 5.74) is 2.36. The molecular weight excluding hydrogens is 318 g/mol. The van der Waals surface area contributed by atoms with Gasteiger partial charge in [0, 0.05) is 12.7 Å². The van der Waals surface area contributed by atoms with E-state index >= 15 is 0 Å². The molecule has 0 spiro atoms. The van der Waals surface area contributed by atoms with Crippen LogP contribution in [0.5, 0.6) is 0 Å². The van der Waals surface area contributed by atoms with Crippen molar-refractivity contribution in [1.82, 2.24) is 10.6 Å². The molecule has 0 bridgehead atoms. The summed E-state index contributed by atoms with van der Waals surface area (Å²) in [7, 11) is 1.59. The summed E-state index contributed by atoms with van der Waals surface area (Å²) in [5, 5.41) is 7.85. The van der Waals surface area contributed by atoms with Gasteiger partial charge in [0.05, 0.1) is 19.4 Å². The highest BCUT2D eigenvalue weighted by atomic mass is 16.2. The number of amides is 3. The minimum Gasteiger partial charge on any atom is -0.359 e. The van der Waals surface area contributed by atoms with Gasteiger partial charge in [0.1, 0.15) is 0 Å². The first-order valence-corrected chi connectivity index (χ1v) is 7.97. The monoisotopic (exact) mass is 339 g/mol. The number of carbonyl (C=O) groups is 3. The Morgan fingerprint density at radius 1 is 0.760 bits per heavy atom. The summed E-state index contributed by atoms with van der Waals surface area (Å²) < 4.78 is 0. The second-order valence-electron chi connectivity index (χ2n) is 5.53. The summed E-state index contributed by atoms with van der Waals surface area (Å²) in [4.78, 5) is 35.0. The summed E-state index contributed by atoms with van der Waals surface area (Å²) >= 11 is 0. The fraction of sp³-hybridized carbons (Fsp3) is 0.211. The zero-order valence-corrected chi connectivity index (χ0v) is 14.0. The highest BCUT2D eigenvalue weighted by Gasteiger charge is 2.07. The Bertz CT molecular complexity index is 727. The molecule has 0 fully saturated rings. The standard InChI is InChI=1S/C19H21N3O3/c1-20-17(23)11-15-7-9-16(10-8-15)22-19(25)13-21-18(24)12-14-5-3-2-4-6-14/h2-10H,11-13H2,1H3,(H,20,23)(H,21,24)(H,22,25). The smallest absolute Gasteiger partial charge is 0.243 e. The van der Waals surface area contributed by atoms with Crippen molar-refractivity contribution in [3.63, 3.8) is 0 Å². The van der Waals surface area contributed by atoms with Crippen molar-refractivity contribution in [2.75, 3.05) is 18.9 Å². The zero-order chi connectivity index (χ0) is 18.1. The van der Waals surface area contributed by atoms with E-state index in [0.29, 0.717) is 12.1 Å². The van der Waals surface area contributed by atoms with Gasteiger partial charge in [0.2, 0.25) is 17.7 Å². The number of carbonyl (C=O) groups excluding carboxylic acids is 3. The van der Waals surface area contributed by atoms with Crippen LogP contribution in [0, 0.1) is 0 Å². The molecular formula is C19H21N3O3. The van der Waals surface area contributed by atoms with Gasteiger partial charge >= 0.3 is 0 Å². The molecule has 6 nitrogen and oxygen atoms in total. The molecule has 0 radical (unpaired) electrons. The maximum absolute atomic E-state index is 11.9. The Labute approximate surface area is 146 Å². The van der Waals surface area contributed by atoms with Crippen molar-refractivity contribution >= 4 is 23.4 Å². The molecule has 2 aromatic rings. The van der Waals surface area contributed by atoms with Crippen LogP contribution >= 0.6 is 0 Å². The van der Waals surface area contributed by atoms with Crippen LogP contribution in [0.1, 0.15) is 11.1 Å². The van der Waals surface area contributed by atoms with E-state index in [1.807, 2.05) is 30.3 Å². The van der Waals surface area contributed by atoms with Gasteiger partial charge in [-0.25, -0.2) is 0 Å². The maximum atomic E-state index is 11.9. The lowest BCUT2D eigenvalue weighted by Gasteiger charge is -2.08. The number of anilines is 1. The Balaban J connectivity index is 1.76. The van der Waals surface area contributed by atoms with E-state index in [9.17, 15) is 14.4 Å². The van der Waals surface area contributed by atoms with Crippen molar-refractivity contribution in [3.8, 4) is 0 Å². The molecule has 0 unspecified atom stereocenters. The van der Waals surface area contributed by atoms with Gasteiger partial charge in [-0.3, -0.25) is 14.4 Å². The van der Waals surface area contributed by atoms with Gasteiger partial charge in [-0.05, 0) is 23.3 Å². The van der Waals surface area contributed by atoms with Crippen molar-refractivity contribution in [2.24, 2.45) is 0 Å². The van der Waals surface area contributed by atoms with E-state index in [-0.39, 0.29) is 30.7 Å². The van der Waals surface area contributed by atoms with Crippen LogP contribution in [-0.2, 0) is 27.2 Å². The molecule has 6 heteroatoms. The van der Waals surface area contributed by atoms with Crippen LogP contribution in [0.2, 0.25) is 0 Å². The third-order valence-electron chi connectivity index (χ3n) is 3.53. The van der Waals surface area contributed by atoms with Crippen LogP contribution < -0.4 is 16.0 Å². The number of hydrogen-bond donors (Lipinski definition) is 3. The lowest BCUT2D eigenvalue weighted by Crippen LogP contribution is -2.33. The topological polar surface area (TPSA) is 87.3 Å². The molecule has 3 amide bonds. The van der Waals surface area contributed by atoms with Crippen LogP contribution in [0.3, 0.4) is 0 Å². The summed E-state index contributed by atoms with van der Waals surface area (Å²) in [5.74, 6) is -0.583. The highest BCUT2D eigenvalue weighted by molar-refractivity contribution is 5.94. The van der Waals surface area contributed by atoms with Gasteiger partial charge in [-0.2, -0.15) is 0 Å². The third kappa shape index (κ3) is 6.47. The van der Waals surface area contributed by atoms with E-state index in [2.05, 4.69) is 16.0 Å². The van der Waals surface area contributed by atoms with Gasteiger partial charge in [-0.1, -0.05) is 42.5 Å². The largest absolute Gasteiger partial charge is 0.359 e. The predicted molar refractivity (Wildman–Crippen MR) is 96.0 cm³/mol. The first-order valence-electron chi connectivity index (χ1n) is 7.97. The van der Waals surface area contributed by atoms with Gasteiger partial charge in [0.15, 0.2) is 0 Å². The number of nitrogens with one attached hydrogen (secondary N) is 3. The number of hydrogen-bond acceptors (Lipinski definition) is 3. The molecule has 0 saturated heterocycles. The molecule has 130 valence electrons. The molecule has 0 aliphatic carbocycles. The van der Waals surface area contributed by atoms with E-state index in [4.69, 9.17) is 0 Å². The molecule has 0 heterocycles.